The van der Waals surface area contributed by atoms with Crippen LogP contribution in [-0.2, 0) is 10.1 Å². The largest absolute Gasteiger partial charge is 0.286 e. The molecule has 0 spiro atoms. The Labute approximate surface area is 110 Å². The third-order valence-corrected chi connectivity index (χ3v) is 6.33. The van der Waals surface area contributed by atoms with Crippen molar-refractivity contribution in [1.82, 2.24) is 0 Å². The second-order valence-electron chi connectivity index (χ2n) is 7.16. The van der Waals surface area contributed by atoms with Gasteiger partial charge in [-0.2, -0.15) is 8.42 Å². The lowest BCUT2D eigenvalue weighted by molar-refractivity contribution is -0.0581. The molecular formula is C14H24O3S. The molecule has 4 aliphatic rings. The van der Waals surface area contributed by atoms with Crippen LogP contribution in [0.25, 0.3) is 0 Å². The van der Waals surface area contributed by atoms with Crippen molar-refractivity contribution in [2.45, 2.75) is 57.8 Å². The second-order valence-corrected chi connectivity index (χ2v) is 8.73. The fourth-order valence-electron chi connectivity index (χ4n) is 5.38. The summed E-state index contributed by atoms with van der Waals surface area (Å²) in [5, 5.41) is 0. The molecule has 3 nitrogen and oxygen atoms in total. The Bertz CT molecular complexity index is 377. The monoisotopic (exact) mass is 272 g/mol. The molecule has 0 aliphatic heterocycles. The van der Waals surface area contributed by atoms with E-state index in [4.69, 9.17) is 4.55 Å². The van der Waals surface area contributed by atoms with Crippen LogP contribution in [-0.4, -0.2) is 18.7 Å². The maximum absolute atomic E-state index is 10.7. The quantitative estimate of drug-likeness (QED) is 0.617. The number of rotatable bonds is 5. The number of hydrogen-bond donors (Lipinski definition) is 1. The molecule has 18 heavy (non-hydrogen) atoms. The van der Waals surface area contributed by atoms with E-state index in [2.05, 4.69) is 0 Å². The van der Waals surface area contributed by atoms with E-state index in [1.807, 2.05) is 0 Å². The van der Waals surface area contributed by atoms with E-state index < -0.39 is 10.1 Å². The maximum Gasteiger partial charge on any atom is 0.264 e. The lowest BCUT2D eigenvalue weighted by Crippen LogP contribution is -2.45. The first-order chi connectivity index (χ1) is 8.44. The SMILES string of the molecule is O=S(=O)(O)CCCCC12CC3CC(CC(C3)C1)C2. The van der Waals surface area contributed by atoms with E-state index in [0.717, 1.165) is 24.2 Å². The van der Waals surface area contributed by atoms with E-state index in [9.17, 15) is 8.42 Å². The molecule has 0 amide bonds. The first-order valence-corrected chi connectivity index (χ1v) is 9.00. The average Bonchev–Trinajstić information content (AvgIpc) is 2.21. The van der Waals surface area contributed by atoms with Gasteiger partial charge in [0.25, 0.3) is 10.1 Å². The highest BCUT2D eigenvalue weighted by molar-refractivity contribution is 7.85. The summed E-state index contributed by atoms with van der Waals surface area (Å²) in [5.74, 6) is 2.85. The summed E-state index contributed by atoms with van der Waals surface area (Å²) in [5.41, 5.74) is 0.550. The van der Waals surface area contributed by atoms with Gasteiger partial charge in [-0.1, -0.05) is 6.42 Å². The summed E-state index contributed by atoms with van der Waals surface area (Å²) in [6.07, 6.45) is 11.3. The molecule has 4 fully saturated rings. The van der Waals surface area contributed by atoms with Crippen molar-refractivity contribution in [3.63, 3.8) is 0 Å². The Morgan fingerprint density at radius 1 is 0.944 bits per heavy atom. The van der Waals surface area contributed by atoms with Crippen molar-refractivity contribution in [3.05, 3.63) is 0 Å². The minimum atomic E-state index is -3.75. The fourth-order valence-corrected chi connectivity index (χ4v) is 5.95. The van der Waals surface area contributed by atoms with Crippen molar-refractivity contribution in [1.29, 1.82) is 0 Å². The molecule has 0 radical (unpaired) electrons. The average molecular weight is 272 g/mol. The van der Waals surface area contributed by atoms with Crippen LogP contribution in [0.1, 0.15) is 57.8 Å². The molecule has 4 saturated carbocycles. The molecular weight excluding hydrogens is 248 g/mol. The smallest absolute Gasteiger partial charge is 0.264 e. The van der Waals surface area contributed by atoms with Gasteiger partial charge < -0.3 is 0 Å². The second kappa shape index (κ2) is 4.48. The van der Waals surface area contributed by atoms with Crippen LogP contribution in [0.3, 0.4) is 0 Å². The van der Waals surface area contributed by atoms with E-state index in [1.165, 1.54) is 44.9 Å². The lowest BCUT2D eigenvalue weighted by Gasteiger charge is -2.57. The predicted molar refractivity (Wildman–Crippen MR) is 70.9 cm³/mol. The van der Waals surface area contributed by atoms with Crippen molar-refractivity contribution in [2.24, 2.45) is 23.2 Å². The van der Waals surface area contributed by atoms with Crippen molar-refractivity contribution < 1.29 is 13.0 Å². The van der Waals surface area contributed by atoms with E-state index in [1.54, 1.807) is 0 Å². The molecule has 4 heteroatoms. The van der Waals surface area contributed by atoms with Crippen molar-refractivity contribution in [3.8, 4) is 0 Å². The maximum atomic E-state index is 10.7. The van der Waals surface area contributed by atoms with Crippen LogP contribution in [0.15, 0.2) is 0 Å². The summed E-state index contributed by atoms with van der Waals surface area (Å²) in [4.78, 5) is 0. The molecule has 0 unspecified atom stereocenters. The minimum Gasteiger partial charge on any atom is -0.286 e. The van der Waals surface area contributed by atoms with Crippen LogP contribution in [0.2, 0.25) is 0 Å². The standard InChI is InChI=1S/C14H24O3S/c15-18(16,17)4-2-1-3-14-8-11-5-12(9-14)7-13(6-11)10-14/h11-13H,1-10H2,(H,15,16,17). The summed E-state index contributed by atoms with van der Waals surface area (Å²) in [6, 6.07) is 0. The van der Waals surface area contributed by atoms with Crippen molar-refractivity contribution in [2.75, 3.05) is 5.75 Å². The van der Waals surface area contributed by atoms with Crippen LogP contribution >= 0.6 is 0 Å². The van der Waals surface area contributed by atoms with E-state index in [-0.39, 0.29) is 5.75 Å². The van der Waals surface area contributed by atoms with Gasteiger partial charge in [-0.3, -0.25) is 4.55 Å². The molecule has 4 rings (SSSR count). The van der Waals surface area contributed by atoms with Gasteiger partial charge in [0.15, 0.2) is 0 Å². The minimum absolute atomic E-state index is 0.0562. The van der Waals surface area contributed by atoms with Gasteiger partial charge in [-0.25, -0.2) is 0 Å². The highest BCUT2D eigenvalue weighted by atomic mass is 32.2. The molecule has 0 atom stereocenters. The fraction of sp³-hybridized carbons (Fsp3) is 1.00. The summed E-state index contributed by atoms with van der Waals surface area (Å²) < 4.78 is 30.2. The van der Waals surface area contributed by atoms with Gasteiger partial charge in [0.1, 0.15) is 0 Å². The topological polar surface area (TPSA) is 54.4 Å². The predicted octanol–water partition coefficient (Wildman–Crippen LogP) is 3.26. The van der Waals surface area contributed by atoms with Crippen LogP contribution in [0.4, 0.5) is 0 Å². The third-order valence-electron chi connectivity index (χ3n) is 5.52. The van der Waals surface area contributed by atoms with Crippen LogP contribution < -0.4 is 0 Å². The zero-order valence-electron chi connectivity index (χ0n) is 11.0. The molecule has 0 aromatic carbocycles. The first kappa shape index (κ1) is 12.9. The Hall–Kier alpha value is -0.0900. The zero-order chi connectivity index (χ0) is 12.8. The van der Waals surface area contributed by atoms with Crippen molar-refractivity contribution >= 4 is 10.1 Å². The molecule has 0 aromatic rings. The molecule has 0 heterocycles. The Morgan fingerprint density at radius 3 is 1.89 bits per heavy atom. The third kappa shape index (κ3) is 2.74. The number of hydrogen-bond acceptors (Lipinski definition) is 2. The van der Waals surface area contributed by atoms with Gasteiger partial charge in [-0.05, 0) is 74.5 Å². The molecule has 0 aromatic heterocycles. The summed E-state index contributed by atoms with van der Waals surface area (Å²) >= 11 is 0. The Balaban J connectivity index is 1.53. The van der Waals surface area contributed by atoms with Crippen LogP contribution in [0, 0.1) is 23.2 Å². The Morgan fingerprint density at radius 2 is 1.44 bits per heavy atom. The van der Waals surface area contributed by atoms with E-state index in [0.29, 0.717) is 11.8 Å². The van der Waals surface area contributed by atoms with Gasteiger partial charge in [0.05, 0.1) is 5.75 Å². The lowest BCUT2D eigenvalue weighted by atomic mass is 9.48. The molecule has 104 valence electrons. The van der Waals surface area contributed by atoms with Crippen LogP contribution in [0.5, 0.6) is 0 Å². The first-order valence-electron chi connectivity index (χ1n) is 7.39. The van der Waals surface area contributed by atoms with Gasteiger partial charge in [0, 0.05) is 0 Å². The number of unbranched alkanes of at least 4 members (excludes halogenated alkanes) is 1. The highest BCUT2D eigenvalue weighted by Crippen LogP contribution is 2.61. The van der Waals surface area contributed by atoms with E-state index >= 15 is 0 Å². The molecule has 1 N–H and O–H groups in total. The summed E-state index contributed by atoms with van der Waals surface area (Å²) in [6.45, 7) is 0. The zero-order valence-corrected chi connectivity index (χ0v) is 11.8. The molecule has 0 saturated heterocycles. The Kier molecular flexibility index (Phi) is 3.22. The normalized spacial score (nSPS) is 42.4. The summed E-state index contributed by atoms with van der Waals surface area (Å²) in [7, 11) is -3.75. The highest BCUT2D eigenvalue weighted by Gasteiger charge is 2.50. The van der Waals surface area contributed by atoms with Gasteiger partial charge in [0.2, 0.25) is 0 Å². The molecule has 4 aliphatic carbocycles. The van der Waals surface area contributed by atoms with Gasteiger partial charge >= 0.3 is 0 Å². The molecule has 4 bridgehead atoms. The van der Waals surface area contributed by atoms with Gasteiger partial charge in [-0.15, -0.1) is 0 Å².